The van der Waals surface area contributed by atoms with Crippen molar-refractivity contribution in [3.63, 3.8) is 0 Å². The van der Waals surface area contributed by atoms with E-state index in [4.69, 9.17) is 15.2 Å². The summed E-state index contributed by atoms with van der Waals surface area (Å²) in [5.41, 5.74) is 10.6. The van der Waals surface area contributed by atoms with E-state index in [1.807, 2.05) is 41.8 Å². The van der Waals surface area contributed by atoms with Gasteiger partial charge in [-0.05, 0) is 35.2 Å². The third-order valence-corrected chi connectivity index (χ3v) is 6.19. The molecule has 0 spiro atoms. The van der Waals surface area contributed by atoms with E-state index >= 15 is 0 Å². The van der Waals surface area contributed by atoms with Gasteiger partial charge in [-0.1, -0.05) is 23.9 Å². The van der Waals surface area contributed by atoms with Crippen LogP contribution in [0.5, 0.6) is 11.5 Å². The van der Waals surface area contributed by atoms with Crippen molar-refractivity contribution >= 4 is 40.7 Å². The molecule has 0 radical (unpaired) electrons. The van der Waals surface area contributed by atoms with Gasteiger partial charge in [-0.2, -0.15) is 4.98 Å². The Kier molecular flexibility index (Phi) is 5.81. The Bertz CT molecular complexity index is 1070. The fourth-order valence-electron chi connectivity index (χ4n) is 3.06. The van der Waals surface area contributed by atoms with Crippen molar-refractivity contribution in [2.75, 3.05) is 25.7 Å². The zero-order valence-electron chi connectivity index (χ0n) is 16.3. The number of aromatic amines is 1. The number of carbonyl (C=O) groups is 1. The van der Waals surface area contributed by atoms with Crippen molar-refractivity contribution in [3.05, 3.63) is 52.2 Å². The molecule has 1 atom stereocenters. The summed E-state index contributed by atoms with van der Waals surface area (Å²) in [6.07, 6.45) is 2.03. The number of ether oxygens (including phenoxy) is 2. The molecule has 0 bridgehead atoms. The maximum atomic E-state index is 13.1. The van der Waals surface area contributed by atoms with Crippen LogP contribution in [0.15, 0.2) is 46.9 Å². The third kappa shape index (κ3) is 4.07. The number of hydrazine groups is 1. The number of H-pyrrole nitrogens is 1. The highest BCUT2D eigenvalue weighted by molar-refractivity contribution is 7.99. The maximum absolute atomic E-state index is 13.1. The highest BCUT2D eigenvalue weighted by Crippen LogP contribution is 2.37. The van der Waals surface area contributed by atoms with Crippen LogP contribution in [-0.4, -0.2) is 46.1 Å². The second-order valence-corrected chi connectivity index (χ2v) is 8.17. The highest BCUT2D eigenvalue weighted by atomic mass is 32.2. The molecule has 4 rings (SSSR count). The van der Waals surface area contributed by atoms with E-state index in [0.29, 0.717) is 16.7 Å². The molecule has 3 heterocycles. The topological polar surface area (TPSA) is 118 Å². The Morgan fingerprint density at radius 3 is 2.80 bits per heavy atom. The van der Waals surface area contributed by atoms with Crippen molar-refractivity contribution in [1.82, 2.24) is 25.6 Å². The van der Waals surface area contributed by atoms with Gasteiger partial charge in [0.05, 0.1) is 36.6 Å². The molecule has 0 fully saturated rings. The van der Waals surface area contributed by atoms with E-state index in [1.54, 1.807) is 30.6 Å². The molecule has 1 aliphatic rings. The molecule has 0 saturated carbocycles. The first-order valence-electron chi connectivity index (χ1n) is 8.96. The number of carbonyl (C=O) groups excluding carboxylic acids is 1. The average molecular weight is 445 g/mol. The monoisotopic (exact) mass is 444 g/mol. The predicted octanol–water partition coefficient (Wildman–Crippen LogP) is 2.69. The van der Waals surface area contributed by atoms with Crippen LogP contribution in [0, 0.1) is 0 Å². The number of benzene rings is 1. The molecule has 9 nitrogen and oxygen atoms in total. The lowest BCUT2D eigenvalue weighted by molar-refractivity contribution is -0.131. The molecule has 1 aliphatic heterocycles. The van der Waals surface area contributed by atoms with Crippen LogP contribution in [0.3, 0.4) is 0 Å². The molecule has 30 heavy (non-hydrogen) atoms. The highest BCUT2D eigenvalue weighted by Gasteiger charge is 2.31. The number of amides is 1. The Morgan fingerprint density at radius 1 is 1.30 bits per heavy atom. The predicted molar refractivity (Wildman–Crippen MR) is 116 cm³/mol. The third-order valence-electron chi connectivity index (χ3n) is 4.45. The van der Waals surface area contributed by atoms with Crippen molar-refractivity contribution in [3.8, 4) is 11.5 Å². The summed E-state index contributed by atoms with van der Waals surface area (Å²) in [5.74, 6) is 1.48. The number of anilines is 1. The van der Waals surface area contributed by atoms with E-state index in [-0.39, 0.29) is 23.7 Å². The zero-order valence-corrected chi connectivity index (χ0v) is 17.9. The first-order chi connectivity index (χ1) is 14.6. The van der Waals surface area contributed by atoms with Gasteiger partial charge in [-0.3, -0.25) is 10.2 Å². The van der Waals surface area contributed by atoms with Gasteiger partial charge in [-0.25, -0.2) is 10.1 Å². The Morgan fingerprint density at radius 2 is 2.13 bits per heavy atom. The van der Waals surface area contributed by atoms with E-state index in [1.165, 1.54) is 11.8 Å². The number of hydrogen-bond acceptors (Lipinski definition) is 9. The molecule has 1 aromatic carbocycles. The van der Waals surface area contributed by atoms with Crippen LogP contribution in [-0.2, 0) is 4.79 Å². The normalized spacial score (nSPS) is 15.6. The summed E-state index contributed by atoms with van der Waals surface area (Å²) in [5, 5.41) is 10.6. The molecule has 4 N–H and O–H groups in total. The lowest BCUT2D eigenvalue weighted by Gasteiger charge is -2.25. The lowest BCUT2D eigenvalue weighted by atomic mass is 10.1. The number of aromatic nitrogens is 3. The molecular formula is C19H20N6O3S2. The number of thiophene rings is 1. The van der Waals surface area contributed by atoms with Crippen LogP contribution in [0.25, 0.3) is 5.70 Å². The molecule has 0 saturated heterocycles. The van der Waals surface area contributed by atoms with Crippen molar-refractivity contribution in [1.29, 1.82) is 0 Å². The van der Waals surface area contributed by atoms with Gasteiger partial charge in [0.15, 0.2) is 11.5 Å². The number of rotatable bonds is 7. The van der Waals surface area contributed by atoms with Gasteiger partial charge in [0.1, 0.15) is 0 Å². The molecule has 3 aromatic rings. The summed E-state index contributed by atoms with van der Waals surface area (Å²) >= 11 is 2.82. The van der Waals surface area contributed by atoms with Gasteiger partial charge in [0.2, 0.25) is 11.1 Å². The number of methoxy groups -OCH3 is 2. The molecule has 0 aliphatic carbocycles. The number of nitrogens with one attached hydrogen (secondary N) is 2. The van der Waals surface area contributed by atoms with Gasteiger partial charge < -0.3 is 15.2 Å². The van der Waals surface area contributed by atoms with E-state index < -0.39 is 0 Å². The summed E-state index contributed by atoms with van der Waals surface area (Å²) in [6, 6.07) is 9.30. The maximum Gasteiger partial charge on any atom is 0.252 e. The number of nitrogens with zero attached hydrogens (tertiary/aromatic N) is 3. The summed E-state index contributed by atoms with van der Waals surface area (Å²) in [7, 11) is 3.18. The van der Waals surface area contributed by atoms with Gasteiger partial charge in [0.25, 0.3) is 5.91 Å². The van der Waals surface area contributed by atoms with Crippen LogP contribution in [0.2, 0.25) is 0 Å². The van der Waals surface area contributed by atoms with Gasteiger partial charge in [-0.15, -0.1) is 16.4 Å². The van der Waals surface area contributed by atoms with Crippen molar-refractivity contribution in [2.45, 2.75) is 11.2 Å². The minimum Gasteiger partial charge on any atom is -0.493 e. The fraction of sp³-hybridized carbons (Fsp3) is 0.211. The van der Waals surface area contributed by atoms with Crippen molar-refractivity contribution in [2.24, 2.45) is 0 Å². The largest absolute Gasteiger partial charge is 0.493 e. The number of nitrogen functional groups attached to an aromatic ring is 1. The van der Waals surface area contributed by atoms with Gasteiger partial charge in [0, 0.05) is 0 Å². The Labute approximate surface area is 181 Å². The van der Waals surface area contributed by atoms with E-state index in [0.717, 1.165) is 16.1 Å². The minimum atomic E-state index is -0.313. The van der Waals surface area contributed by atoms with Crippen LogP contribution < -0.4 is 20.6 Å². The quantitative estimate of drug-likeness (QED) is 0.476. The van der Waals surface area contributed by atoms with Crippen LogP contribution in [0.1, 0.15) is 16.5 Å². The number of hydrogen-bond donors (Lipinski definition) is 3. The number of nitrogens with two attached hydrogens (primary N) is 1. The SMILES string of the molecule is COc1ccc([C@H]2C=C(c3cccs3)NN2C(=O)CSc2n[nH]c(N)n2)cc1OC. The number of thioether (sulfide) groups is 1. The standard InChI is InChI=1S/C19H20N6O3S2/c1-27-14-6-5-11(8-15(14)28-2)13-9-12(16-4-3-7-29-16)24-25(13)17(26)10-30-19-21-18(20)22-23-19/h3-9,13,24H,10H2,1-2H3,(H3,20,21,22,23)/t13-/m1/s1. The van der Waals surface area contributed by atoms with Crippen molar-refractivity contribution < 1.29 is 14.3 Å². The molecule has 156 valence electrons. The average Bonchev–Trinajstić information content (AvgIpc) is 3.51. The Balaban J connectivity index is 1.60. The summed E-state index contributed by atoms with van der Waals surface area (Å²) < 4.78 is 10.8. The smallest absolute Gasteiger partial charge is 0.252 e. The summed E-state index contributed by atoms with van der Waals surface area (Å²) in [4.78, 5) is 18.1. The molecule has 2 aromatic heterocycles. The first-order valence-corrected chi connectivity index (χ1v) is 10.8. The zero-order chi connectivity index (χ0) is 21.1. The summed E-state index contributed by atoms with van der Waals surface area (Å²) in [6.45, 7) is 0. The van der Waals surface area contributed by atoms with Gasteiger partial charge >= 0.3 is 0 Å². The second-order valence-electron chi connectivity index (χ2n) is 6.28. The molecule has 11 heteroatoms. The minimum absolute atomic E-state index is 0.119. The lowest BCUT2D eigenvalue weighted by Crippen LogP contribution is -2.40. The van der Waals surface area contributed by atoms with Crippen LogP contribution >= 0.6 is 23.1 Å². The van der Waals surface area contributed by atoms with Crippen LogP contribution in [0.4, 0.5) is 5.95 Å². The first kappa shape index (κ1) is 20.1. The Hall–Kier alpha value is -3.18. The van der Waals surface area contributed by atoms with E-state index in [2.05, 4.69) is 20.6 Å². The molecular weight excluding hydrogens is 424 g/mol. The fourth-order valence-corrected chi connectivity index (χ4v) is 4.42. The molecule has 1 amide bonds. The second kappa shape index (κ2) is 8.67. The molecule has 0 unspecified atom stereocenters. The van der Waals surface area contributed by atoms with E-state index in [9.17, 15) is 4.79 Å².